The lowest BCUT2D eigenvalue weighted by Crippen LogP contribution is -2.45. The number of amides is 1. The van der Waals surface area contributed by atoms with Crippen LogP contribution in [-0.4, -0.2) is 63.9 Å². The highest BCUT2D eigenvalue weighted by Gasteiger charge is 2.33. The average molecular weight is 412 g/mol. The number of carbonyl (C=O) groups excluding carboxylic acids is 1. The average Bonchev–Trinajstić information content (AvgIpc) is 2.53. The molecule has 1 heterocycles. The summed E-state index contributed by atoms with van der Waals surface area (Å²) in [5.74, 6) is -0.390. The summed E-state index contributed by atoms with van der Waals surface area (Å²) < 4.78 is 32.6. The molecule has 2 rings (SSSR count). The van der Waals surface area contributed by atoms with Crippen molar-refractivity contribution in [3.05, 3.63) is 22.7 Å². The van der Waals surface area contributed by atoms with Gasteiger partial charge in [0.05, 0.1) is 12.7 Å². The van der Waals surface area contributed by atoms with Crippen molar-refractivity contribution in [2.24, 2.45) is 5.73 Å². The van der Waals surface area contributed by atoms with E-state index >= 15 is 0 Å². The van der Waals surface area contributed by atoms with E-state index in [2.05, 4.69) is 0 Å². The van der Waals surface area contributed by atoms with Crippen molar-refractivity contribution in [2.75, 3.05) is 34.3 Å². The van der Waals surface area contributed by atoms with Gasteiger partial charge in [0.15, 0.2) is 5.75 Å². The van der Waals surface area contributed by atoms with E-state index in [1.165, 1.54) is 28.4 Å². The number of sulfonamides is 1. The van der Waals surface area contributed by atoms with Gasteiger partial charge in [0, 0.05) is 38.2 Å². The van der Waals surface area contributed by atoms with Crippen molar-refractivity contribution in [1.29, 1.82) is 0 Å². The Morgan fingerprint density at radius 2 is 2.04 bits per heavy atom. The van der Waals surface area contributed by atoms with Crippen LogP contribution in [0.25, 0.3) is 0 Å². The van der Waals surface area contributed by atoms with Gasteiger partial charge in [-0.25, -0.2) is 8.42 Å². The van der Waals surface area contributed by atoms with Gasteiger partial charge in [0.2, 0.25) is 10.0 Å². The van der Waals surface area contributed by atoms with E-state index in [-0.39, 0.29) is 52.1 Å². The van der Waals surface area contributed by atoms with E-state index in [9.17, 15) is 13.2 Å². The fourth-order valence-electron chi connectivity index (χ4n) is 2.70. The van der Waals surface area contributed by atoms with Gasteiger partial charge in [-0.05, 0) is 25.0 Å². The summed E-state index contributed by atoms with van der Waals surface area (Å²) >= 11 is 6.07. The normalized spacial score (nSPS) is 18.4. The van der Waals surface area contributed by atoms with Crippen LogP contribution in [0.2, 0.25) is 5.02 Å². The first kappa shape index (κ1) is 22.0. The minimum Gasteiger partial charge on any atom is -0.494 e. The van der Waals surface area contributed by atoms with Crippen LogP contribution in [0.5, 0.6) is 5.75 Å². The van der Waals surface area contributed by atoms with Crippen molar-refractivity contribution in [1.82, 2.24) is 9.21 Å². The number of halogens is 2. The first-order chi connectivity index (χ1) is 11.2. The highest BCUT2D eigenvalue weighted by atomic mass is 35.5. The topological polar surface area (TPSA) is 92.9 Å². The number of hydrogen-bond donors (Lipinski definition) is 1. The third-order valence-corrected chi connectivity index (χ3v) is 5.99. The molecule has 0 spiro atoms. The Balaban J connectivity index is 0.00000312. The van der Waals surface area contributed by atoms with Gasteiger partial charge in [0.1, 0.15) is 4.90 Å². The van der Waals surface area contributed by atoms with Gasteiger partial charge >= 0.3 is 0 Å². The largest absolute Gasteiger partial charge is 0.494 e. The van der Waals surface area contributed by atoms with Crippen LogP contribution in [0, 0.1) is 0 Å². The van der Waals surface area contributed by atoms with Gasteiger partial charge in [-0.2, -0.15) is 4.31 Å². The number of ether oxygens (including phenoxy) is 1. The van der Waals surface area contributed by atoms with Gasteiger partial charge in [-0.1, -0.05) is 11.6 Å². The molecule has 0 saturated carbocycles. The zero-order chi connectivity index (χ0) is 18.1. The molecule has 25 heavy (non-hydrogen) atoms. The molecule has 1 fully saturated rings. The molecule has 7 nitrogen and oxygen atoms in total. The number of methoxy groups -OCH3 is 1. The van der Waals surface area contributed by atoms with Gasteiger partial charge < -0.3 is 15.4 Å². The molecule has 1 aromatic carbocycles. The minimum absolute atomic E-state index is 0. The number of benzene rings is 1. The zero-order valence-corrected chi connectivity index (χ0v) is 16.7. The van der Waals surface area contributed by atoms with E-state index in [1.807, 2.05) is 0 Å². The van der Waals surface area contributed by atoms with Gasteiger partial charge in [-0.15, -0.1) is 12.4 Å². The van der Waals surface area contributed by atoms with Crippen LogP contribution in [0.1, 0.15) is 23.2 Å². The number of hydrogen-bond acceptors (Lipinski definition) is 5. The Morgan fingerprint density at radius 3 is 2.56 bits per heavy atom. The summed E-state index contributed by atoms with van der Waals surface area (Å²) in [5, 5.41) is 0.154. The Hall–Kier alpha value is -1.06. The van der Waals surface area contributed by atoms with E-state index in [4.69, 9.17) is 22.1 Å². The highest BCUT2D eigenvalue weighted by Crippen LogP contribution is 2.35. The standard InChI is InChI=1S/C15H22ClN3O4S.ClH/c1-18(2)15(20)12-7-10(16)8-13(14(12)23-3)24(21,22)19-6-4-5-11(17)9-19;/h7-8,11H,4-6,9,17H2,1-3H3;1H/t11-;/m1./s1. The van der Waals surface area contributed by atoms with Crippen LogP contribution < -0.4 is 10.5 Å². The SMILES string of the molecule is COc1c(C(=O)N(C)C)cc(Cl)cc1S(=O)(=O)N1CCC[C@@H](N)C1.Cl. The Labute approximate surface area is 159 Å². The first-order valence-electron chi connectivity index (χ1n) is 7.53. The summed E-state index contributed by atoms with van der Waals surface area (Å²) in [4.78, 5) is 13.6. The second kappa shape index (κ2) is 8.55. The summed E-state index contributed by atoms with van der Waals surface area (Å²) in [6, 6.07) is 2.51. The fourth-order valence-corrected chi connectivity index (χ4v) is 4.72. The van der Waals surface area contributed by atoms with Crippen molar-refractivity contribution >= 4 is 39.9 Å². The number of nitrogens with two attached hydrogens (primary N) is 1. The predicted octanol–water partition coefficient (Wildman–Crippen LogP) is 1.58. The molecule has 0 aromatic heterocycles. The smallest absolute Gasteiger partial charge is 0.257 e. The van der Waals surface area contributed by atoms with Crippen molar-refractivity contribution in [2.45, 2.75) is 23.8 Å². The molecule has 0 bridgehead atoms. The summed E-state index contributed by atoms with van der Waals surface area (Å²) in [6.45, 7) is 0.609. The second-order valence-electron chi connectivity index (χ2n) is 5.95. The maximum atomic E-state index is 13.0. The Morgan fingerprint density at radius 1 is 1.40 bits per heavy atom. The molecule has 1 saturated heterocycles. The lowest BCUT2D eigenvalue weighted by atomic mass is 10.1. The third-order valence-electron chi connectivity index (χ3n) is 3.90. The molecular weight excluding hydrogens is 389 g/mol. The molecule has 0 aliphatic carbocycles. The molecular formula is C15H23Cl2N3O4S. The molecule has 1 aliphatic rings. The lowest BCUT2D eigenvalue weighted by molar-refractivity contribution is 0.0823. The molecule has 1 aromatic rings. The zero-order valence-electron chi connectivity index (χ0n) is 14.4. The maximum absolute atomic E-state index is 13.0. The van der Waals surface area contributed by atoms with Crippen LogP contribution in [0.15, 0.2) is 17.0 Å². The molecule has 1 amide bonds. The molecule has 10 heteroatoms. The Bertz CT molecular complexity index is 741. The summed E-state index contributed by atoms with van der Waals surface area (Å²) in [5.41, 5.74) is 6.00. The number of nitrogens with zero attached hydrogens (tertiary/aromatic N) is 2. The highest BCUT2D eigenvalue weighted by molar-refractivity contribution is 7.89. The van der Waals surface area contributed by atoms with E-state index < -0.39 is 10.0 Å². The van der Waals surface area contributed by atoms with Crippen molar-refractivity contribution < 1.29 is 17.9 Å². The molecule has 0 unspecified atom stereocenters. The molecule has 1 atom stereocenters. The van der Waals surface area contributed by atoms with E-state index in [0.29, 0.717) is 13.0 Å². The summed E-state index contributed by atoms with van der Waals surface area (Å²) in [7, 11) is 0.601. The monoisotopic (exact) mass is 411 g/mol. The second-order valence-corrected chi connectivity index (χ2v) is 8.29. The number of carbonyl (C=O) groups is 1. The van der Waals surface area contributed by atoms with E-state index in [1.54, 1.807) is 14.1 Å². The van der Waals surface area contributed by atoms with Gasteiger partial charge in [0.25, 0.3) is 5.91 Å². The van der Waals surface area contributed by atoms with Crippen LogP contribution in [0.3, 0.4) is 0 Å². The van der Waals surface area contributed by atoms with E-state index in [0.717, 1.165) is 6.42 Å². The maximum Gasteiger partial charge on any atom is 0.257 e. The quantitative estimate of drug-likeness (QED) is 0.811. The van der Waals surface area contributed by atoms with Crippen molar-refractivity contribution in [3.63, 3.8) is 0 Å². The lowest BCUT2D eigenvalue weighted by Gasteiger charge is -2.30. The van der Waals surface area contributed by atoms with Crippen LogP contribution in [0.4, 0.5) is 0 Å². The van der Waals surface area contributed by atoms with Crippen molar-refractivity contribution in [3.8, 4) is 5.75 Å². The molecule has 1 aliphatic heterocycles. The van der Waals surface area contributed by atoms with Gasteiger partial charge in [-0.3, -0.25) is 4.79 Å². The molecule has 142 valence electrons. The number of rotatable bonds is 4. The first-order valence-corrected chi connectivity index (χ1v) is 9.35. The Kier molecular flexibility index (Phi) is 7.52. The number of piperidine rings is 1. The fraction of sp³-hybridized carbons (Fsp3) is 0.533. The predicted molar refractivity (Wildman–Crippen MR) is 99.2 cm³/mol. The minimum atomic E-state index is -3.87. The van der Waals surface area contributed by atoms with Crippen LogP contribution >= 0.6 is 24.0 Å². The third kappa shape index (κ3) is 4.57. The van der Waals surface area contributed by atoms with Crippen LogP contribution in [-0.2, 0) is 10.0 Å². The molecule has 0 radical (unpaired) electrons. The molecule has 2 N–H and O–H groups in total. The summed E-state index contributed by atoms with van der Waals surface area (Å²) in [6.07, 6.45) is 1.47.